The summed E-state index contributed by atoms with van der Waals surface area (Å²) in [5, 5.41) is 0. The van der Waals surface area contributed by atoms with Crippen LogP contribution >= 0.6 is 15.9 Å². The normalized spacial score (nSPS) is 10.6. The Bertz CT molecular complexity index is 566. The molecule has 0 N–H and O–H groups in total. The largest absolute Gasteiger partial charge is 0.329 e. The van der Waals surface area contributed by atoms with E-state index in [9.17, 15) is 0 Å². The van der Waals surface area contributed by atoms with E-state index < -0.39 is 0 Å². The molecular formula is C16H20BrN3. The quantitative estimate of drug-likeness (QED) is 0.753. The summed E-state index contributed by atoms with van der Waals surface area (Å²) in [4.78, 5) is 11.1. The van der Waals surface area contributed by atoms with Crippen molar-refractivity contribution < 1.29 is 0 Å². The van der Waals surface area contributed by atoms with Crippen LogP contribution in [0.1, 0.15) is 31.7 Å². The lowest BCUT2D eigenvalue weighted by atomic mass is 10.1. The molecule has 0 aliphatic carbocycles. The summed E-state index contributed by atoms with van der Waals surface area (Å²) in [6.45, 7) is 4.30. The maximum absolute atomic E-state index is 4.63. The van der Waals surface area contributed by atoms with Gasteiger partial charge < -0.3 is 4.90 Å². The van der Waals surface area contributed by atoms with E-state index in [1.165, 1.54) is 5.56 Å². The van der Waals surface area contributed by atoms with Gasteiger partial charge in [-0.05, 0) is 46.5 Å². The zero-order valence-corrected chi connectivity index (χ0v) is 13.8. The van der Waals surface area contributed by atoms with Gasteiger partial charge in [-0.15, -0.1) is 0 Å². The van der Waals surface area contributed by atoms with Crippen LogP contribution in [0.5, 0.6) is 0 Å². The molecule has 0 saturated heterocycles. The van der Waals surface area contributed by atoms with Crippen molar-refractivity contribution in [2.45, 2.75) is 33.1 Å². The van der Waals surface area contributed by atoms with Crippen LogP contribution in [-0.2, 0) is 12.8 Å². The van der Waals surface area contributed by atoms with Gasteiger partial charge in [0.25, 0.3) is 0 Å². The van der Waals surface area contributed by atoms with Crippen molar-refractivity contribution in [2.24, 2.45) is 0 Å². The predicted molar refractivity (Wildman–Crippen MR) is 87.6 cm³/mol. The first-order chi connectivity index (χ1) is 9.63. The summed E-state index contributed by atoms with van der Waals surface area (Å²) in [5.74, 6) is 1.80. The Hall–Kier alpha value is -1.42. The number of aryl methyl sites for hydroxylation is 2. The highest BCUT2D eigenvalue weighted by Crippen LogP contribution is 2.24. The highest BCUT2D eigenvalue weighted by atomic mass is 79.9. The van der Waals surface area contributed by atoms with Gasteiger partial charge in [0.2, 0.25) is 0 Å². The maximum atomic E-state index is 4.63. The monoisotopic (exact) mass is 333 g/mol. The van der Waals surface area contributed by atoms with E-state index in [4.69, 9.17) is 0 Å². The number of hydrogen-bond acceptors (Lipinski definition) is 3. The number of anilines is 2. The molecule has 0 unspecified atom stereocenters. The van der Waals surface area contributed by atoms with Gasteiger partial charge in [0.05, 0.1) is 0 Å². The Morgan fingerprint density at radius 2 is 1.80 bits per heavy atom. The van der Waals surface area contributed by atoms with Gasteiger partial charge in [-0.2, -0.15) is 0 Å². The summed E-state index contributed by atoms with van der Waals surface area (Å²) in [6.07, 6.45) is 3.00. The highest BCUT2D eigenvalue weighted by Gasteiger charge is 2.09. The van der Waals surface area contributed by atoms with Crippen molar-refractivity contribution >= 4 is 27.4 Å². The van der Waals surface area contributed by atoms with Gasteiger partial charge in [0.1, 0.15) is 16.2 Å². The van der Waals surface area contributed by atoms with E-state index in [0.717, 1.165) is 41.2 Å². The van der Waals surface area contributed by atoms with E-state index >= 15 is 0 Å². The maximum Gasteiger partial charge on any atom is 0.137 e. The zero-order chi connectivity index (χ0) is 14.5. The number of rotatable bonds is 5. The molecule has 0 aliphatic heterocycles. The molecule has 4 heteroatoms. The molecule has 0 atom stereocenters. The first-order valence-electron chi connectivity index (χ1n) is 7.00. The Labute approximate surface area is 129 Å². The molecule has 2 aromatic rings. The van der Waals surface area contributed by atoms with Gasteiger partial charge in [-0.1, -0.05) is 26.0 Å². The van der Waals surface area contributed by atoms with Crippen molar-refractivity contribution in [2.75, 3.05) is 11.9 Å². The fraction of sp³-hybridized carbons (Fsp3) is 0.375. The van der Waals surface area contributed by atoms with Crippen molar-refractivity contribution in [1.29, 1.82) is 0 Å². The minimum atomic E-state index is 0.836. The Balaban J connectivity index is 2.29. The number of halogens is 1. The molecular weight excluding hydrogens is 314 g/mol. The van der Waals surface area contributed by atoms with E-state index in [2.05, 4.69) is 68.9 Å². The third-order valence-electron chi connectivity index (χ3n) is 3.28. The van der Waals surface area contributed by atoms with E-state index in [0.29, 0.717) is 0 Å². The van der Waals surface area contributed by atoms with E-state index in [-0.39, 0.29) is 0 Å². The van der Waals surface area contributed by atoms with Crippen LogP contribution in [0.2, 0.25) is 0 Å². The molecule has 1 aromatic carbocycles. The molecule has 106 valence electrons. The molecule has 2 rings (SSSR count). The molecule has 0 spiro atoms. The van der Waals surface area contributed by atoms with Gasteiger partial charge in [-0.25, -0.2) is 9.97 Å². The predicted octanol–water partition coefficient (Wildman–Crippen LogP) is 4.52. The fourth-order valence-corrected chi connectivity index (χ4v) is 2.46. The average Bonchev–Trinajstić information content (AvgIpc) is 2.46. The average molecular weight is 334 g/mol. The number of aromatic nitrogens is 2. The second kappa shape index (κ2) is 6.84. The molecule has 0 amide bonds. The molecule has 1 heterocycles. The standard InChI is InChI=1S/C16H20BrN3/c1-4-6-15-18-14(17)11-16(19-15)20(3)13-9-7-12(5-2)8-10-13/h7-11H,4-6H2,1-3H3. The fourth-order valence-electron chi connectivity index (χ4n) is 2.05. The first-order valence-corrected chi connectivity index (χ1v) is 7.79. The van der Waals surface area contributed by atoms with E-state index in [1.807, 2.05) is 13.1 Å². The van der Waals surface area contributed by atoms with Crippen molar-refractivity contribution in [3.8, 4) is 0 Å². The first kappa shape index (κ1) is 15.0. The van der Waals surface area contributed by atoms with Gasteiger partial charge in [0, 0.05) is 25.2 Å². The summed E-state index contributed by atoms with van der Waals surface area (Å²) >= 11 is 3.47. The van der Waals surface area contributed by atoms with Crippen LogP contribution in [0.25, 0.3) is 0 Å². The SMILES string of the molecule is CCCc1nc(Br)cc(N(C)c2ccc(CC)cc2)n1. The highest BCUT2D eigenvalue weighted by molar-refractivity contribution is 9.10. The van der Waals surface area contributed by atoms with Gasteiger partial charge in [0.15, 0.2) is 0 Å². The van der Waals surface area contributed by atoms with Crippen molar-refractivity contribution in [3.63, 3.8) is 0 Å². The summed E-state index contributed by atoms with van der Waals surface area (Å²) in [5.41, 5.74) is 2.48. The van der Waals surface area contributed by atoms with Gasteiger partial charge >= 0.3 is 0 Å². The minimum Gasteiger partial charge on any atom is -0.329 e. The molecule has 3 nitrogen and oxygen atoms in total. The van der Waals surface area contributed by atoms with Gasteiger partial charge in [-0.3, -0.25) is 0 Å². The lowest BCUT2D eigenvalue weighted by Crippen LogP contribution is -2.13. The summed E-state index contributed by atoms with van der Waals surface area (Å²) in [6, 6.07) is 10.5. The molecule has 0 fully saturated rings. The molecule has 0 bridgehead atoms. The Kier molecular flexibility index (Phi) is 5.12. The topological polar surface area (TPSA) is 29.0 Å². The van der Waals surface area contributed by atoms with Crippen LogP contribution in [0.4, 0.5) is 11.5 Å². The van der Waals surface area contributed by atoms with Crippen molar-refractivity contribution in [1.82, 2.24) is 9.97 Å². The van der Waals surface area contributed by atoms with Crippen LogP contribution < -0.4 is 4.90 Å². The number of nitrogens with zero attached hydrogens (tertiary/aromatic N) is 3. The second-order valence-corrected chi connectivity index (χ2v) is 5.61. The molecule has 1 aromatic heterocycles. The molecule has 0 radical (unpaired) electrons. The van der Waals surface area contributed by atoms with Crippen molar-refractivity contribution in [3.05, 3.63) is 46.3 Å². The lowest BCUT2D eigenvalue weighted by molar-refractivity contribution is 0.825. The third-order valence-corrected chi connectivity index (χ3v) is 3.68. The summed E-state index contributed by atoms with van der Waals surface area (Å²) < 4.78 is 0.836. The smallest absolute Gasteiger partial charge is 0.137 e. The molecule has 0 aliphatic rings. The van der Waals surface area contributed by atoms with Crippen LogP contribution in [0.15, 0.2) is 34.9 Å². The lowest BCUT2D eigenvalue weighted by Gasteiger charge is -2.19. The Morgan fingerprint density at radius 3 is 2.40 bits per heavy atom. The zero-order valence-electron chi connectivity index (χ0n) is 12.2. The molecule has 0 saturated carbocycles. The number of hydrogen-bond donors (Lipinski definition) is 0. The van der Waals surface area contributed by atoms with E-state index in [1.54, 1.807) is 0 Å². The second-order valence-electron chi connectivity index (χ2n) is 4.79. The Morgan fingerprint density at radius 1 is 1.10 bits per heavy atom. The number of benzene rings is 1. The van der Waals surface area contributed by atoms with Crippen LogP contribution in [-0.4, -0.2) is 17.0 Å². The summed E-state index contributed by atoms with van der Waals surface area (Å²) in [7, 11) is 2.03. The van der Waals surface area contributed by atoms with Crippen LogP contribution in [0, 0.1) is 0 Å². The molecule has 20 heavy (non-hydrogen) atoms. The van der Waals surface area contributed by atoms with Crippen LogP contribution in [0.3, 0.4) is 0 Å². The third kappa shape index (κ3) is 3.57. The minimum absolute atomic E-state index is 0.836.